The van der Waals surface area contributed by atoms with Crippen LogP contribution in [0.2, 0.25) is 0 Å². The number of halogens is 4. The van der Waals surface area contributed by atoms with E-state index >= 15 is 17.6 Å². The van der Waals surface area contributed by atoms with Gasteiger partial charge in [-0.05, 0) is 111 Å². The number of ether oxygens (including phenoxy) is 6. The Morgan fingerprint density at radius 1 is 0.618 bits per heavy atom. The van der Waals surface area contributed by atoms with Crippen LogP contribution in [0.4, 0.5) is 17.6 Å². The largest absolute Gasteiger partial charge is 0.540 e. The SMILES string of the molecule is CC[C@@H]1[C@@H]2CN(C(=O)[C@H](C(C)(C)C)CC(=O)O[C@]3(C)C[C@H]3CCCCC(F)(F)c3cc4ccc(OC)cc4nc3O2)[C@@H]1[C-]=O.COc1ccc2cc3c(nc2c1)O[C@H]1CN(C(=O)[C@H](C(C)(C)C)CC(=O)O[C@]2(C)C[C@H]2CCCCC3(F)F)[C@H]([C-]=O)[C@@H]1C.[V].[V]. The number of rotatable bonds is 5. The molecule has 4 bridgehead atoms. The van der Waals surface area contributed by atoms with Crippen LogP contribution in [0, 0.1) is 46.3 Å². The molecule has 2 amide bonds. The number of aromatic nitrogens is 2. The Bertz CT molecular complexity index is 3270. The summed E-state index contributed by atoms with van der Waals surface area (Å²) >= 11 is 0. The van der Waals surface area contributed by atoms with Crippen LogP contribution in [-0.2, 0) is 87.2 Å². The number of hydrogen-bond acceptors (Lipinski definition) is 14. The minimum atomic E-state index is -3.25. The molecule has 2 aliphatic carbocycles. The average molecular weight is 1320 g/mol. The molecule has 6 heterocycles. The van der Waals surface area contributed by atoms with Crippen molar-refractivity contribution in [2.24, 2.45) is 46.3 Å². The first-order valence-electron chi connectivity index (χ1n) is 30.7. The second-order valence-electron chi connectivity index (χ2n) is 27.7. The second kappa shape index (κ2) is 27.4. The first-order chi connectivity index (χ1) is 40.9. The van der Waals surface area contributed by atoms with Crippen molar-refractivity contribution in [3.63, 3.8) is 0 Å². The Morgan fingerprint density at radius 3 is 1.42 bits per heavy atom. The quantitative estimate of drug-likeness (QED) is 0.104. The van der Waals surface area contributed by atoms with Crippen molar-refractivity contribution in [2.75, 3.05) is 27.3 Å². The molecule has 2 aromatic heterocycles. The summed E-state index contributed by atoms with van der Waals surface area (Å²) in [7, 11) is 3.03. The van der Waals surface area contributed by atoms with E-state index in [2.05, 4.69) is 9.97 Å². The molecule has 4 aromatic rings. The van der Waals surface area contributed by atoms with Gasteiger partial charge in [-0.3, -0.25) is 19.2 Å². The van der Waals surface area contributed by atoms with Gasteiger partial charge in [0, 0.05) is 84.7 Å². The Kier molecular flexibility index (Phi) is 21.9. The summed E-state index contributed by atoms with van der Waals surface area (Å²) in [4.78, 5) is 90.8. The summed E-state index contributed by atoms with van der Waals surface area (Å²) in [6.07, 6.45) is 6.03. The van der Waals surface area contributed by atoms with Crippen molar-refractivity contribution in [3.8, 4) is 23.3 Å². The van der Waals surface area contributed by atoms with Gasteiger partial charge in [-0.2, -0.15) is 0 Å². The van der Waals surface area contributed by atoms with Crippen molar-refractivity contribution in [1.29, 1.82) is 0 Å². The third kappa shape index (κ3) is 15.4. The van der Waals surface area contributed by atoms with E-state index in [1.807, 2.05) is 74.9 Å². The van der Waals surface area contributed by atoms with Gasteiger partial charge < -0.3 is 47.8 Å². The fourth-order valence-electron chi connectivity index (χ4n) is 13.4. The summed E-state index contributed by atoms with van der Waals surface area (Å²) in [6, 6.07) is 11.0. The van der Waals surface area contributed by atoms with Gasteiger partial charge in [-0.1, -0.05) is 86.7 Å². The number of hydrogen-bond donors (Lipinski definition) is 0. The zero-order chi connectivity index (χ0) is 63.3. The summed E-state index contributed by atoms with van der Waals surface area (Å²) in [5, 5.41) is 1.04. The topological polar surface area (TPSA) is 190 Å². The average Bonchev–Trinajstić information content (AvgIpc) is 2.08. The molecule has 6 aliphatic rings. The summed E-state index contributed by atoms with van der Waals surface area (Å²) in [6.45, 7) is 18.5. The van der Waals surface area contributed by atoms with Gasteiger partial charge in [0.15, 0.2) is 0 Å². The van der Waals surface area contributed by atoms with Gasteiger partial charge in [-0.25, -0.2) is 40.1 Å². The molecule has 4 aliphatic heterocycles. The Balaban J connectivity index is 0.000000248. The molecule has 0 N–H and O–H groups in total. The molecule has 16 nitrogen and oxygen atoms in total. The molecule has 2 saturated heterocycles. The number of esters is 2. The van der Waals surface area contributed by atoms with Crippen molar-refractivity contribution in [2.45, 2.75) is 200 Å². The Hall–Kier alpha value is -5.43. The van der Waals surface area contributed by atoms with Crippen molar-refractivity contribution >= 4 is 58.1 Å². The van der Waals surface area contributed by atoms with Crippen LogP contribution in [-0.4, -0.2) is 119 Å². The molecule has 484 valence electrons. The maximum Gasteiger partial charge on any atom is 0.307 e. The van der Waals surface area contributed by atoms with Crippen LogP contribution >= 0.6 is 0 Å². The van der Waals surface area contributed by atoms with E-state index in [1.165, 1.54) is 36.2 Å². The molecule has 4 fully saturated rings. The molecule has 2 aromatic carbocycles. The van der Waals surface area contributed by atoms with Crippen LogP contribution in [0.15, 0.2) is 48.5 Å². The number of alkyl halides is 4. The van der Waals surface area contributed by atoms with Crippen LogP contribution in [0.25, 0.3) is 21.8 Å². The van der Waals surface area contributed by atoms with Crippen LogP contribution in [0.5, 0.6) is 23.3 Å². The number of carbonyl (C=O) groups is 4. The predicted octanol–water partition coefficient (Wildman–Crippen LogP) is 12.4. The van der Waals surface area contributed by atoms with E-state index in [4.69, 9.17) is 28.4 Å². The maximum atomic E-state index is 16.0. The fraction of sp³-hybridized carbons (Fsp3) is 0.642. The number of nitrogens with zero attached hydrogens (tertiary/aromatic N) is 4. The molecule has 89 heavy (non-hydrogen) atoms. The van der Waals surface area contributed by atoms with Gasteiger partial charge >= 0.3 is 11.9 Å². The van der Waals surface area contributed by atoms with Gasteiger partial charge in [0.1, 0.15) is 34.9 Å². The molecular weight excluding hydrogens is 1230 g/mol. The van der Waals surface area contributed by atoms with E-state index in [1.54, 1.807) is 43.3 Å². The van der Waals surface area contributed by atoms with Gasteiger partial charge in [0.2, 0.25) is 23.6 Å². The molecular formula is C67H84F4N4O12V2-2. The molecule has 0 spiro atoms. The van der Waals surface area contributed by atoms with Crippen LogP contribution in [0.1, 0.15) is 164 Å². The van der Waals surface area contributed by atoms with E-state index in [-0.39, 0.29) is 117 Å². The third-order valence-corrected chi connectivity index (χ3v) is 19.4. The molecule has 2 radical (unpaired) electrons. The molecule has 22 heteroatoms. The second-order valence-corrected chi connectivity index (χ2v) is 27.7. The maximum absolute atomic E-state index is 16.0. The van der Waals surface area contributed by atoms with Gasteiger partial charge in [0.25, 0.3) is 11.8 Å². The molecule has 2 saturated carbocycles. The van der Waals surface area contributed by atoms with Crippen molar-refractivity contribution < 1.29 is 112 Å². The van der Waals surface area contributed by atoms with Gasteiger partial charge in [-0.15, -0.1) is 0 Å². The van der Waals surface area contributed by atoms with Crippen LogP contribution in [0.3, 0.4) is 0 Å². The number of methoxy groups -OCH3 is 2. The third-order valence-electron chi connectivity index (χ3n) is 19.4. The zero-order valence-electron chi connectivity index (χ0n) is 53.1. The van der Waals surface area contributed by atoms with Crippen molar-refractivity contribution in [1.82, 2.24) is 19.8 Å². The number of amides is 2. The molecule has 12 atom stereocenters. The monoisotopic (exact) mass is 1310 g/mol. The first-order valence-corrected chi connectivity index (χ1v) is 30.7. The van der Waals surface area contributed by atoms with Crippen molar-refractivity contribution in [3.05, 3.63) is 59.7 Å². The Morgan fingerprint density at radius 2 is 1.02 bits per heavy atom. The normalized spacial score (nSPS) is 30.7. The van der Waals surface area contributed by atoms with E-state index in [0.717, 1.165) is 0 Å². The molecule has 0 unspecified atom stereocenters. The van der Waals surface area contributed by atoms with Gasteiger partial charge in [0.05, 0.1) is 74.1 Å². The summed E-state index contributed by atoms with van der Waals surface area (Å²) < 4.78 is 98.8. The van der Waals surface area contributed by atoms with E-state index in [9.17, 15) is 28.8 Å². The first kappa shape index (κ1) is 71.0. The number of pyridine rings is 2. The summed E-state index contributed by atoms with van der Waals surface area (Å²) in [5.41, 5.74) is -2.36. The number of fused-ring (bicyclic) bond motifs is 10. The zero-order valence-corrected chi connectivity index (χ0v) is 55.9. The number of benzene rings is 2. The minimum absolute atomic E-state index is 0. The standard InChI is InChI=1S/C34H43F2N2O6.C33H41F2N2O6.2V/c1-7-23-27(19-39)38-18-28(23)43-30-24(14-20-11-12-22(42-6)15-26(20)37-30)34(35,36)13-9-8-10-21-17-33(21,5)44-29(40)16-25(31(38)41)32(2,3)4;1-19-26(18-38)37-17-27(19)42-29-23(13-20-10-11-22(41-6)14-25(20)36-29)33(34,35)12-8-7-9-21-16-32(21,5)43-28(39)15-24(30(37)40)31(2,3)4;;/h11-12,14-15,21,23,25,27-28H,7-10,13,16-18H2,1-6H3;10-11,13-14,19,21,24,26-27H,7-9,12,15-17H2,1-6H3;;/q2*-1;;/t21-,23+,25-,27-,28+,33-;19-,21+,24+,26+,27-,32+;;/m10../s1. The number of carbonyl (C=O) groups excluding carboxylic acids is 6. The van der Waals surface area contributed by atoms with Crippen LogP contribution < -0.4 is 18.9 Å². The Labute approximate surface area is 543 Å². The fourth-order valence-corrected chi connectivity index (χ4v) is 13.4. The summed E-state index contributed by atoms with van der Waals surface area (Å²) in [5.74, 6) is -10.1. The smallest absolute Gasteiger partial charge is 0.307 e. The minimum Gasteiger partial charge on any atom is -0.540 e. The van der Waals surface area contributed by atoms with E-state index < -0.39 is 113 Å². The molecule has 10 rings (SSSR count). The predicted molar refractivity (Wildman–Crippen MR) is 316 cm³/mol. The van der Waals surface area contributed by atoms with E-state index in [0.29, 0.717) is 78.3 Å².